The fourth-order valence-corrected chi connectivity index (χ4v) is 1.98. The molecule has 0 radical (unpaired) electrons. The summed E-state index contributed by atoms with van der Waals surface area (Å²) < 4.78 is 5.70. The van der Waals surface area contributed by atoms with Crippen molar-refractivity contribution in [2.75, 3.05) is 26.7 Å². The Kier molecular flexibility index (Phi) is 6.52. The molecule has 1 rings (SSSR count). The molecular weight excluding hydrogens is 252 g/mol. The Balaban J connectivity index is 2.38. The van der Waals surface area contributed by atoms with Gasteiger partial charge in [0.2, 0.25) is 5.91 Å². The van der Waals surface area contributed by atoms with Crippen molar-refractivity contribution in [3.05, 3.63) is 29.3 Å². The number of aryl methyl sites for hydroxylation is 2. The van der Waals surface area contributed by atoms with Gasteiger partial charge in [0.1, 0.15) is 12.4 Å². The lowest BCUT2D eigenvalue weighted by molar-refractivity contribution is -0.131. The summed E-state index contributed by atoms with van der Waals surface area (Å²) in [5.74, 6) is 1.20. The largest absolute Gasteiger partial charge is 0.492 e. The number of nitrogens with two attached hydrogens (primary N) is 1. The Hall–Kier alpha value is -1.55. The molecule has 1 atom stereocenters. The number of carbonyl (C=O) groups excluding carboxylic acids is 1. The lowest BCUT2D eigenvalue weighted by Gasteiger charge is -2.19. The van der Waals surface area contributed by atoms with Crippen molar-refractivity contribution >= 4 is 5.91 Å². The third-order valence-corrected chi connectivity index (χ3v) is 3.24. The van der Waals surface area contributed by atoms with Crippen LogP contribution in [0.1, 0.15) is 24.5 Å². The van der Waals surface area contributed by atoms with E-state index in [0.717, 1.165) is 5.75 Å². The van der Waals surface area contributed by atoms with Gasteiger partial charge >= 0.3 is 0 Å². The van der Waals surface area contributed by atoms with Crippen molar-refractivity contribution in [3.63, 3.8) is 0 Å². The van der Waals surface area contributed by atoms with Gasteiger partial charge in [0, 0.05) is 13.5 Å². The second kappa shape index (κ2) is 7.90. The van der Waals surface area contributed by atoms with E-state index in [1.54, 1.807) is 11.9 Å². The number of hydrogen-bond donors (Lipinski definition) is 1. The highest BCUT2D eigenvalue weighted by Crippen LogP contribution is 2.16. The van der Waals surface area contributed by atoms with Crippen molar-refractivity contribution in [2.45, 2.75) is 27.2 Å². The van der Waals surface area contributed by atoms with E-state index >= 15 is 0 Å². The van der Waals surface area contributed by atoms with Crippen LogP contribution >= 0.6 is 0 Å². The maximum atomic E-state index is 11.9. The molecule has 0 fully saturated rings. The van der Waals surface area contributed by atoms with E-state index in [4.69, 9.17) is 10.5 Å². The number of ether oxygens (including phenoxy) is 1. The summed E-state index contributed by atoms with van der Waals surface area (Å²) in [4.78, 5) is 13.6. The number of carbonyl (C=O) groups is 1. The number of nitrogens with zero attached hydrogens (tertiary/aromatic N) is 1. The first kappa shape index (κ1) is 16.5. The molecule has 0 aliphatic rings. The molecule has 1 amide bonds. The van der Waals surface area contributed by atoms with E-state index < -0.39 is 0 Å². The van der Waals surface area contributed by atoms with Crippen LogP contribution in [0.25, 0.3) is 0 Å². The second-order valence-electron chi connectivity index (χ2n) is 5.53. The summed E-state index contributed by atoms with van der Waals surface area (Å²) in [5, 5.41) is 0. The lowest BCUT2D eigenvalue weighted by Crippen LogP contribution is -2.32. The number of likely N-dealkylation sites (N-methyl/N-ethyl adjacent to an activating group) is 1. The van der Waals surface area contributed by atoms with E-state index in [9.17, 15) is 4.79 Å². The molecule has 1 aromatic carbocycles. The monoisotopic (exact) mass is 278 g/mol. The number of rotatable bonds is 7. The minimum absolute atomic E-state index is 0.118. The molecule has 1 unspecified atom stereocenters. The maximum absolute atomic E-state index is 11.9. The molecule has 20 heavy (non-hydrogen) atoms. The van der Waals surface area contributed by atoms with Gasteiger partial charge in [-0.3, -0.25) is 4.79 Å². The van der Waals surface area contributed by atoms with Crippen LogP contribution in [0.5, 0.6) is 5.75 Å². The Morgan fingerprint density at radius 2 is 1.90 bits per heavy atom. The van der Waals surface area contributed by atoms with Crippen LogP contribution in [0.2, 0.25) is 0 Å². The molecular formula is C16H26N2O2. The zero-order valence-corrected chi connectivity index (χ0v) is 13.0. The second-order valence-corrected chi connectivity index (χ2v) is 5.53. The van der Waals surface area contributed by atoms with Crippen molar-refractivity contribution in [1.29, 1.82) is 0 Å². The van der Waals surface area contributed by atoms with Crippen molar-refractivity contribution in [2.24, 2.45) is 11.7 Å². The van der Waals surface area contributed by atoms with Crippen LogP contribution in [-0.4, -0.2) is 37.6 Å². The molecule has 2 N–H and O–H groups in total. The van der Waals surface area contributed by atoms with E-state index in [2.05, 4.69) is 6.07 Å². The summed E-state index contributed by atoms with van der Waals surface area (Å²) in [6.45, 7) is 7.70. The topological polar surface area (TPSA) is 55.6 Å². The summed E-state index contributed by atoms with van der Waals surface area (Å²) in [7, 11) is 1.80. The maximum Gasteiger partial charge on any atom is 0.222 e. The summed E-state index contributed by atoms with van der Waals surface area (Å²) >= 11 is 0. The van der Waals surface area contributed by atoms with Gasteiger partial charge in [-0.25, -0.2) is 0 Å². The smallest absolute Gasteiger partial charge is 0.222 e. The fourth-order valence-electron chi connectivity index (χ4n) is 1.98. The van der Waals surface area contributed by atoms with Crippen LogP contribution in [0, 0.1) is 19.8 Å². The molecule has 0 saturated heterocycles. The van der Waals surface area contributed by atoms with Crippen molar-refractivity contribution in [3.8, 4) is 5.75 Å². The van der Waals surface area contributed by atoms with Gasteiger partial charge in [-0.15, -0.1) is 0 Å². The van der Waals surface area contributed by atoms with Gasteiger partial charge in [0.15, 0.2) is 0 Å². The molecule has 0 saturated carbocycles. The molecule has 0 bridgehead atoms. The van der Waals surface area contributed by atoms with Gasteiger partial charge in [-0.1, -0.05) is 13.0 Å². The van der Waals surface area contributed by atoms with Gasteiger partial charge in [0.25, 0.3) is 0 Å². The van der Waals surface area contributed by atoms with E-state index in [1.807, 2.05) is 32.9 Å². The molecule has 0 aromatic heterocycles. The predicted octanol–water partition coefficient (Wildman–Crippen LogP) is 2.13. The zero-order chi connectivity index (χ0) is 15.1. The van der Waals surface area contributed by atoms with Crippen molar-refractivity contribution < 1.29 is 9.53 Å². The highest BCUT2D eigenvalue weighted by atomic mass is 16.5. The molecule has 0 aliphatic carbocycles. The average molecular weight is 278 g/mol. The van der Waals surface area contributed by atoms with Crippen LogP contribution < -0.4 is 10.5 Å². The van der Waals surface area contributed by atoms with Gasteiger partial charge < -0.3 is 15.4 Å². The number of amides is 1. The quantitative estimate of drug-likeness (QED) is 0.831. The normalized spacial score (nSPS) is 12.1. The minimum atomic E-state index is 0.118. The highest BCUT2D eigenvalue weighted by Gasteiger charge is 2.12. The fraction of sp³-hybridized carbons (Fsp3) is 0.562. The first-order valence-corrected chi connectivity index (χ1v) is 7.07. The number of benzene rings is 1. The van der Waals surface area contributed by atoms with Crippen LogP contribution in [0.15, 0.2) is 18.2 Å². The third-order valence-electron chi connectivity index (χ3n) is 3.24. The molecule has 0 heterocycles. The SMILES string of the molecule is Cc1cc(C)cc(OCCN(C)C(=O)CC(C)CN)c1. The van der Waals surface area contributed by atoms with Crippen LogP contribution in [-0.2, 0) is 4.79 Å². The van der Waals surface area contributed by atoms with E-state index in [1.165, 1.54) is 11.1 Å². The Bertz CT molecular complexity index is 426. The Morgan fingerprint density at radius 3 is 2.45 bits per heavy atom. The first-order valence-electron chi connectivity index (χ1n) is 7.07. The van der Waals surface area contributed by atoms with Crippen molar-refractivity contribution in [1.82, 2.24) is 4.90 Å². The molecule has 0 aliphatic heterocycles. The van der Waals surface area contributed by atoms with Gasteiger partial charge in [-0.05, 0) is 49.6 Å². The summed E-state index contributed by atoms with van der Waals surface area (Å²) in [5.41, 5.74) is 7.89. The predicted molar refractivity (Wildman–Crippen MR) is 81.9 cm³/mol. The molecule has 4 nitrogen and oxygen atoms in total. The van der Waals surface area contributed by atoms with Crippen LogP contribution in [0.4, 0.5) is 0 Å². The number of hydrogen-bond acceptors (Lipinski definition) is 3. The van der Waals surface area contributed by atoms with Gasteiger partial charge in [-0.2, -0.15) is 0 Å². The van der Waals surface area contributed by atoms with Crippen LogP contribution in [0.3, 0.4) is 0 Å². The third kappa shape index (κ3) is 5.61. The highest BCUT2D eigenvalue weighted by molar-refractivity contribution is 5.76. The molecule has 112 valence electrons. The Labute approximate surface area is 121 Å². The Morgan fingerprint density at radius 1 is 1.30 bits per heavy atom. The zero-order valence-electron chi connectivity index (χ0n) is 13.0. The van der Waals surface area contributed by atoms with E-state index in [-0.39, 0.29) is 11.8 Å². The summed E-state index contributed by atoms with van der Waals surface area (Å²) in [6.07, 6.45) is 0.497. The molecule has 0 spiro atoms. The lowest BCUT2D eigenvalue weighted by atomic mass is 10.1. The average Bonchev–Trinajstić information content (AvgIpc) is 2.37. The molecule has 4 heteroatoms. The summed E-state index contributed by atoms with van der Waals surface area (Å²) in [6, 6.07) is 6.12. The standard InChI is InChI=1S/C16H26N2O2/c1-12-7-13(2)9-15(8-12)20-6-5-18(4)16(19)10-14(3)11-17/h7-9,14H,5-6,10-11,17H2,1-4H3. The van der Waals surface area contributed by atoms with Gasteiger partial charge in [0.05, 0.1) is 6.54 Å². The van der Waals surface area contributed by atoms with E-state index in [0.29, 0.717) is 26.1 Å². The minimum Gasteiger partial charge on any atom is -0.492 e. The first-order chi connectivity index (χ1) is 9.42. The molecule has 1 aromatic rings.